The van der Waals surface area contributed by atoms with Crippen LogP contribution in [0, 0.1) is 0 Å². The van der Waals surface area contributed by atoms with E-state index in [4.69, 9.17) is 9.84 Å². The van der Waals surface area contributed by atoms with Crippen LogP contribution >= 0.6 is 0 Å². The van der Waals surface area contributed by atoms with E-state index in [1.54, 1.807) is 4.90 Å². The van der Waals surface area contributed by atoms with E-state index < -0.39 is 5.97 Å². The van der Waals surface area contributed by atoms with Gasteiger partial charge in [0.1, 0.15) is 6.04 Å². The number of piperidine rings is 1. The molecule has 0 spiro atoms. The Morgan fingerprint density at radius 1 is 1.30 bits per heavy atom. The molecule has 2 heterocycles. The standard InChI is InChI=1S/C13H20N2O5/c16-11-2-1-10(14-11)13(19)15-6-3-9(4-7-15)20-8-5-12(17)18/h9-10H,1-8H2,(H,14,16)(H,17,18). The summed E-state index contributed by atoms with van der Waals surface area (Å²) in [5, 5.41) is 11.2. The van der Waals surface area contributed by atoms with Gasteiger partial charge in [0.15, 0.2) is 0 Å². The van der Waals surface area contributed by atoms with E-state index in [2.05, 4.69) is 5.32 Å². The molecule has 2 saturated heterocycles. The summed E-state index contributed by atoms with van der Waals surface area (Å²) in [6.45, 7) is 1.42. The number of ether oxygens (including phenoxy) is 1. The summed E-state index contributed by atoms with van der Waals surface area (Å²) in [5.74, 6) is -0.940. The number of aliphatic carboxylic acids is 1. The molecule has 2 amide bonds. The summed E-state index contributed by atoms with van der Waals surface area (Å²) in [6.07, 6.45) is 2.46. The normalized spacial score (nSPS) is 23.7. The fourth-order valence-corrected chi connectivity index (χ4v) is 2.58. The Balaban J connectivity index is 1.69. The molecule has 7 heteroatoms. The minimum Gasteiger partial charge on any atom is -0.481 e. The van der Waals surface area contributed by atoms with Crippen molar-refractivity contribution in [1.82, 2.24) is 10.2 Å². The largest absolute Gasteiger partial charge is 0.481 e. The van der Waals surface area contributed by atoms with Crippen LogP contribution in [0.15, 0.2) is 0 Å². The first-order valence-corrected chi connectivity index (χ1v) is 6.98. The maximum Gasteiger partial charge on any atom is 0.305 e. The number of hydrogen-bond acceptors (Lipinski definition) is 4. The molecule has 0 saturated carbocycles. The first kappa shape index (κ1) is 14.8. The molecule has 2 aliphatic heterocycles. The molecule has 1 atom stereocenters. The van der Waals surface area contributed by atoms with Crippen LogP contribution in [0.5, 0.6) is 0 Å². The highest BCUT2D eigenvalue weighted by Crippen LogP contribution is 2.17. The van der Waals surface area contributed by atoms with Gasteiger partial charge in [-0.15, -0.1) is 0 Å². The van der Waals surface area contributed by atoms with Crippen molar-refractivity contribution in [2.24, 2.45) is 0 Å². The van der Waals surface area contributed by atoms with Crippen LogP contribution in [0.1, 0.15) is 32.1 Å². The van der Waals surface area contributed by atoms with Gasteiger partial charge in [-0.05, 0) is 19.3 Å². The van der Waals surface area contributed by atoms with Crippen molar-refractivity contribution in [3.05, 3.63) is 0 Å². The van der Waals surface area contributed by atoms with Gasteiger partial charge in [-0.2, -0.15) is 0 Å². The van der Waals surface area contributed by atoms with Crippen LogP contribution in [0.25, 0.3) is 0 Å². The highest BCUT2D eigenvalue weighted by molar-refractivity contribution is 5.90. The summed E-state index contributed by atoms with van der Waals surface area (Å²) in [5.41, 5.74) is 0. The summed E-state index contributed by atoms with van der Waals surface area (Å²) in [6, 6.07) is -0.369. The number of likely N-dealkylation sites (tertiary alicyclic amines) is 1. The molecular weight excluding hydrogens is 264 g/mol. The average Bonchev–Trinajstić information content (AvgIpc) is 2.85. The number of carbonyl (C=O) groups is 3. The number of hydrogen-bond donors (Lipinski definition) is 2. The van der Waals surface area contributed by atoms with Gasteiger partial charge in [0, 0.05) is 19.5 Å². The predicted molar refractivity (Wildman–Crippen MR) is 69.0 cm³/mol. The van der Waals surface area contributed by atoms with Crippen molar-refractivity contribution < 1.29 is 24.2 Å². The summed E-state index contributed by atoms with van der Waals surface area (Å²) in [7, 11) is 0. The van der Waals surface area contributed by atoms with Crippen LogP contribution < -0.4 is 5.32 Å². The Morgan fingerprint density at radius 2 is 2.00 bits per heavy atom. The van der Waals surface area contributed by atoms with Gasteiger partial charge in [-0.25, -0.2) is 0 Å². The third-order valence-electron chi connectivity index (χ3n) is 3.72. The minimum atomic E-state index is -0.866. The quantitative estimate of drug-likeness (QED) is 0.725. The fourth-order valence-electron chi connectivity index (χ4n) is 2.58. The highest BCUT2D eigenvalue weighted by atomic mass is 16.5. The topological polar surface area (TPSA) is 95.9 Å². The Kier molecular flexibility index (Phi) is 4.94. The zero-order valence-electron chi connectivity index (χ0n) is 11.3. The fraction of sp³-hybridized carbons (Fsp3) is 0.769. The Bertz CT molecular complexity index is 390. The molecule has 20 heavy (non-hydrogen) atoms. The first-order chi connectivity index (χ1) is 9.56. The molecule has 112 valence electrons. The molecule has 2 N–H and O–H groups in total. The molecule has 0 aliphatic carbocycles. The maximum atomic E-state index is 12.1. The van der Waals surface area contributed by atoms with Gasteiger partial charge in [0.05, 0.1) is 19.1 Å². The molecule has 0 aromatic rings. The van der Waals surface area contributed by atoms with Gasteiger partial charge in [-0.3, -0.25) is 14.4 Å². The molecular formula is C13H20N2O5. The molecule has 0 aromatic carbocycles. The molecule has 0 radical (unpaired) electrons. The van der Waals surface area contributed by atoms with Crippen molar-refractivity contribution in [3.63, 3.8) is 0 Å². The third-order valence-corrected chi connectivity index (χ3v) is 3.72. The van der Waals surface area contributed by atoms with Gasteiger partial charge in [0.2, 0.25) is 11.8 Å². The number of carboxylic acid groups (broad SMARTS) is 1. The van der Waals surface area contributed by atoms with Crippen molar-refractivity contribution in [2.75, 3.05) is 19.7 Å². The number of rotatable bonds is 5. The molecule has 1 unspecified atom stereocenters. The molecule has 2 aliphatic rings. The molecule has 0 aromatic heterocycles. The predicted octanol–water partition coefficient (Wildman–Crippen LogP) is -0.253. The Morgan fingerprint density at radius 3 is 2.55 bits per heavy atom. The lowest BCUT2D eigenvalue weighted by atomic mass is 10.1. The van der Waals surface area contributed by atoms with Crippen molar-refractivity contribution in [3.8, 4) is 0 Å². The van der Waals surface area contributed by atoms with Crippen LogP contribution in [-0.4, -0.2) is 59.6 Å². The lowest BCUT2D eigenvalue weighted by Crippen LogP contribution is -2.48. The zero-order chi connectivity index (χ0) is 14.5. The molecule has 2 rings (SSSR count). The van der Waals surface area contributed by atoms with Crippen molar-refractivity contribution in [1.29, 1.82) is 0 Å². The number of carbonyl (C=O) groups excluding carboxylic acids is 2. The van der Waals surface area contributed by atoms with E-state index in [-0.39, 0.29) is 37.0 Å². The Hall–Kier alpha value is -1.63. The van der Waals surface area contributed by atoms with Crippen molar-refractivity contribution in [2.45, 2.75) is 44.2 Å². The van der Waals surface area contributed by atoms with Gasteiger partial charge >= 0.3 is 5.97 Å². The van der Waals surface area contributed by atoms with Gasteiger partial charge < -0.3 is 20.1 Å². The van der Waals surface area contributed by atoms with E-state index >= 15 is 0 Å². The molecule has 2 fully saturated rings. The second-order valence-electron chi connectivity index (χ2n) is 5.20. The third kappa shape index (κ3) is 3.93. The summed E-state index contributed by atoms with van der Waals surface area (Å²) < 4.78 is 5.48. The minimum absolute atomic E-state index is 0.00719. The number of carboxylic acids is 1. The lowest BCUT2D eigenvalue weighted by molar-refractivity contribution is -0.139. The molecule has 0 bridgehead atoms. The number of amides is 2. The SMILES string of the molecule is O=C(O)CCOC1CCN(C(=O)C2CCC(=O)N2)CC1. The summed E-state index contributed by atoms with van der Waals surface area (Å²) >= 11 is 0. The Labute approximate surface area is 117 Å². The monoisotopic (exact) mass is 284 g/mol. The van der Waals surface area contributed by atoms with E-state index in [0.717, 1.165) is 0 Å². The van der Waals surface area contributed by atoms with E-state index in [9.17, 15) is 14.4 Å². The molecule has 7 nitrogen and oxygen atoms in total. The first-order valence-electron chi connectivity index (χ1n) is 6.98. The van der Waals surface area contributed by atoms with Gasteiger partial charge in [0.25, 0.3) is 0 Å². The second kappa shape index (κ2) is 6.69. The van der Waals surface area contributed by atoms with E-state index in [0.29, 0.717) is 38.8 Å². The van der Waals surface area contributed by atoms with E-state index in [1.807, 2.05) is 0 Å². The zero-order valence-corrected chi connectivity index (χ0v) is 11.3. The second-order valence-corrected chi connectivity index (χ2v) is 5.20. The van der Waals surface area contributed by atoms with Crippen LogP contribution in [0.3, 0.4) is 0 Å². The van der Waals surface area contributed by atoms with Crippen molar-refractivity contribution >= 4 is 17.8 Å². The van der Waals surface area contributed by atoms with Crippen LogP contribution in [0.4, 0.5) is 0 Å². The number of nitrogens with one attached hydrogen (secondary N) is 1. The lowest BCUT2D eigenvalue weighted by Gasteiger charge is -2.33. The average molecular weight is 284 g/mol. The smallest absolute Gasteiger partial charge is 0.305 e. The van der Waals surface area contributed by atoms with Gasteiger partial charge in [-0.1, -0.05) is 0 Å². The number of nitrogens with zero attached hydrogens (tertiary/aromatic N) is 1. The summed E-state index contributed by atoms with van der Waals surface area (Å²) in [4.78, 5) is 35.4. The highest BCUT2D eigenvalue weighted by Gasteiger charge is 2.32. The van der Waals surface area contributed by atoms with Crippen LogP contribution in [-0.2, 0) is 19.1 Å². The maximum absolute atomic E-state index is 12.1. The van der Waals surface area contributed by atoms with Crippen LogP contribution in [0.2, 0.25) is 0 Å². The van der Waals surface area contributed by atoms with E-state index in [1.165, 1.54) is 0 Å².